The van der Waals surface area contributed by atoms with Crippen molar-refractivity contribution in [2.45, 2.75) is 37.7 Å². The molecule has 2 amide bonds. The molecule has 3 rings (SSSR count). The fourth-order valence-corrected chi connectivity index (χ4v) is 4.59. The van der Waals surface area contributed by atoms with Gasteiger partial charge in [0, 0.05) is 17.4 Å². The van der Waals surface area contributed by atoms with Gasteiger partial charge in [-0.15, -0.1) is 11.8 Å². The summed E-state index contributed by atoms with van der Waals surface area (Å²) >= 11 is 1.61. The van der Waals surface area contributed by atoms with Crippen molar-refractivity contribution in [3.05, 3.63) is 23.3 Å². The number of carbonyl (C=O) groups excluding carboxylic acids is 2. The van der Waals surface area contributed by atoms with Crippen LogP contribution in [0.3, 0.4) is 0 Å². The van der Waals surface area contributed by atoms with Gasteiger partial charge in [0.05, 0.1) is 19.8 Å². The summed E-state index contributed by atoms with van der Waals surface area (Å²) in [5, 5.41) is 2.84. The van der Waals surface area contributed by atoms with Gasteiger partial charge in [-0.25, -0.2) is 0 Å². The van der Waals surface area contributed by atoms with Crippen LogP contribution in [0.2, 0.25) is 0 Å². The number of hydrogen-bond acceptors (Lipinski definition) is 5. The molecule has 1 N–H and O–H groups in total. The van der Waals surface area contributed by atoms with Gasteiger partial charge in [-0.3, -0.25) is 9.59 Å². The number of rotatable bonds is 5. The van der Waals surface area contributed by atoms with Gasteiger partial charge in [0.25, 0.3) is 5.91 Å². The van der Waals surface area contributed by atoms with E-state index in [1.165, 1.54) is 7.11 Å². The molecule has 1 fully saturated rings. The van der Waals surface area contributed by atoms with Crippen molar-refractivity contribution < 1.29 is 19.1 Å². The zero-order valence-electron chi connectivity index (χ0n) is 14.3. The molecular formula is C17H22N2O4S. The molecule has 2 heterocycles. The number of thioether (sulfide) groups is 1. The first-order chi connectivity index (χ1) is 11.5. The minimum absolute atomic E-state index is 0.0913. The summed E-state index contributed by atoms with van der Waals surface area (Å²) in [6.45, 7) is 3.98. The lowest BCUT2D eigenvalue weighted by Crippen LogP contribution is -2.48. The third kappa shape index (κ3) is 2.51. The van der Waals surface area contributed by atoms with E-state index < -0.39 is 6.04 Å². The summed E-state index contributed by atoms with van der Waals surface area (Å²) < 4.78 is 10.7. The minimum Gasteiger partial charge on any atom is -0.493 e. The number of carbonyl (C=O) groups is 2. The molecule has 0 spiro atoms. The van der Waals surface area contributed by atoms with E-state index in [-0.39, 0.29) is 23.2 Å². The molecule has 0 saturated carbocycles. The molecule has 6 nitrogen and oxygen atoms in total. The third-order valence-electron chi connectivity index (χ3n) is 4.60. The van der Waals surface area contributed by atoms with Crippen LogP contribution < -0.4 is 14.8 Å². The molecule has 3 atom stereocenters. The van der Waals surface area contributed by atoms with Gasteiger partial charge in [0.1, 0.15) is 11.4 Å². The molecule has 2 aliphatic rings. The lowest BCUT2D eigenvalue weighted by molar-refractivity contribution is -0.125. The lowest BCUT2D eigenvalue weighted by atomic mass is 10.1. The molecule has 0 bridgehead atoms. The quantitative estimate of drug-likeness (QED) is 0.882. The summed E-state index contributed by atoms with van der Waals surface area (Å²) in [6, 6.07) is 3.34. The summed E-state index contributed by atoms with van der Waals surface area (Å²) in [7, 11) is 3.07. The second-order valence-corrected chi connectivity index (χ2v) is 7.11. The topological polar surface area (TPSA) is 67.9 Å². The molecule has 0 aliphatic carbocycles. The van der Waals surface area contributed by atoms with Gasteiger partial charge in [-0.2, -0.15) is 0 Å². The van der Waals surface area contributed by atoms with Gasteiger partial charge in [-0.1, -0.05) is 13.0 Å². The predicted octanol–water partition coefficient (Wildman–Crippen LogP) is 2.19. The summed E-state index contributed by atoms with van der Waals surface area (Å²) in [5.41, 5.74) is 1.40. The van der Waals surface area contributed by atoms with E-state index >= 15 is 0 Å². The number of amides is 2. The van der Waals surface area contributed by atoms with Crippen LogP contribution >= 0.6 is 11.8 Å². The van der Waals surface area contributed by atoms with Crippen molar-refractivity contribution in [2.24, 2.45) is 0 Å². The van der Waals surface area contributed by atoms with Gasteiger partial charge in [0.15, 0.2) is 11.5 Å². The van der Waals surface area contributed by atoms with Crippen LogP contribution in [0.5, 0.6) is 11.5 Å². The number of nitrogens with zero attached hydrogens (tertiary/aromatic N) is 1. The zero-order valence-corrected chi connectivity index (χ0v) is 15.1. The Bertz CT molecular complexity index is 679. The van der Waals surface area contributed by atoms with E-state index in [0.29, 0.717) is 22.8 Å². The average Bonchev–Trinajstić information content (AvgIpc) is 3.14. The maximum atomic E-state index is 13.0. The highest BCUT2D eigenvalue weighted by molar-refractivity contribution is 7.99. The monoisotopic (exact) mass is 350 g/mol. The zero-order chi connectivity index (χ0) is 17.4. The van der Waals surface area contributed by atoms with Crippen molar-refractivity contribution >= 4 is 23.6 Å². The van der Waals surface area contributed by atoms with E-state index in [0.717, 1.165) is 12.0 Å². The first-order valence-electron chi connectivity index (χ1n) is 8.03. The average molecular weight is 350 g/mol. The number of ether oxygens (including phenoxy) is 2. The molecule has 1 aromatic rings. The van der Waals surface area contributed by atoms with E-state index in [9.17, 15) is 9.59 Å². The van der Waals surface area contributed by atoms with Crippen molar-refractivity contribution in [1.82, 2.24) is 10.2 Å². The number of methoxy groups -OCH3 is 2. The third-order valence-corrected chi connectivity index (χ3v) is 5.90. The SMILES string of the molecule is CC[C@@H](C)NC(=O)[C@@H]1CS[C@H]2c3ccc(OC)c(OC)c3C(=O)N12. The van der Waals surface area contributed by atoms with Crippen LogP contribution in [-0.4, -0.2) is 48.8 Å². The van der Waals surface area contributed by atoms with Crippen LogP contribution in [0.25, 0.3) is 0 Å². The molecular weight excluding hydrogens is 328 g/mol. The van der Waals surface area contributed by atoms with Gasteiger partial charge < -0.3 is 19.7 Å². The Morgan fingerprint density at radius 1 is 1.42 bits per heavy atom. The fraction of sp³-hybridized carbons (Fsp3) is 0.529. The molecule has 2 aliphatic heterocycles. The lowest BCUT2D eigenvalue weighted by Gasteiger charge is -2.24. The predicted molar refractivity (Wildman–Crippen MR) is 92.6 cm³/mol. The summed E-state index contributed by atoms with van der Waals surface area (Å²) in [6.07, 6.45) is 0.855. The van der Waals surface area contributed by atoms with E-state index in [1.54, 1.807) is 23.8 Å². The van der Waals surface area contributed by atoms with Crippen molar-refractivity contribution in [3.8, 4) is 11.5 Å². The van der Waals surface area contributed by atoms with Crippen LogP contribution in [-0.2, 0) is 4.79 Å². The van der Waals surface area contributed by atoms with E-state index in [4.69, 9.17) is 9.47 Å². The van der Waals surface area contributed by atoms with Gasteiger partial charge >= 0.3 is 0 Å². The summed E-state index contributed by atoms with van der Waals surface area (Å²) in [5.74, 6) is 1.31. The maximum Gasteiger partial charge on any atom is 0.260 e. The smallest absolute Gasteiger partial charge is 0.260 e. The molecule has 1 saturated heterocycles. The molecule has 0 radical (unpaired) electrons. The largest absolute Gasteiger partial charge is 0.493 e. The molecule has 7 heteroatoms. The Morgan fingerprint density at radius 2 is 2.17 bits per heavy atom. The molecule has 130 valence electrons. The second-order valence-electron chi connectivity index (χ2n) is 6.00. The van der Waals surface area contributed by atoms with Crippen LogP contribution in [0.4, 0.5) is 0 Å². The highest BCUT2D eigenvalue weighted by Crippen LogP contribution is 2.52. The van der Waals surface area contributed by atoms with Crippen molar-refractivity contribution in [1.29, 1.82) is 0 Å². The molecule has 1 aromatic carbocycles. The Morgan fingerprint density at radius 3 is 2.79 bits per heavy atom. The maximum absolute atomic E-state index is 13.0. The second kappa shape index (κ2) is 6.55. The van der Waals surface area contributed by atoms with E-state index in [2.05, 4.69) is 5.32 Å². The molecule has 24 heavy (non-hydrogen) atoms. The Labute approximate surface area is 145 Å². The van der Waals surface area contributed by atoms with Crippen LogP contribution in [0, 0.1) is 0 Å². The van der Waals surface area contributed by atoms with Crippen LogP contribution in [0.15, 0.2) is 12.1 Å². The first kappa shape index (κ1) is 17.0. The molecule has 0 unspecified atom stereocenters. The fourth-order valence-electron chi connectivity index (χ4n) is 3.13. The van der Waals surface area contributed by atoms with Gasteiger partial charge in [0.2, 0.25) is 5.91 Å². The van der Waals surface area contributed by atoms with Gasteiger partial charge in [-0.05, 0) is 19.4 Å². The Hall–Kier alpha value is -1.89. The Kier molecular flexibility index (Phi) is 4.62. The van der Waals surface area contributed by atoms with Crippen LogP contribution in [0.1, 0.15) is 41.6 Å². The Balaban J connectivity index is 1.93. The van der Waals surface area contributed by atoms with Crippen molar-refractivity contribution in [3.63, 3.8) is 0 Å². The number of hydrogen-bond donors (Lipinski definition) is 1. The van der Waals surface area contributed by atoms with E-state index in [1.807, 2.05) is 26.0 Å². The molecule has 0 aromatic heterocycles. The number of fused-ring (bicyclic) bond motifs is 3. The minimum atomic E-state index is -0.454. The standard InChI is InChI=1S/C17H22N2O4S/c1-5-9(2)18-15(20)11-8-24-17-10-6-7-12(22-3)14(23-4)13(10)16(21)19(11)17/h6-7,9,11,17H,5,8H2,1-4H3,(H,18,20)/t9-,11+,17+/m1/s1. The number of benzene rings is 1. The highest BCUT2D eigenvalue weighted by atomic mass is 32.2. The normalized spacial score (nSPS) is 22.8. The summed E-state index contributed by atoms with van der Waals surface area (Å²) in [4.78, 5) is 27.2. The van der Waals surface area contributed by atoms with Crippen molar-refractivity contribution in [2.75, 3.05) is 20.0 Å². The highest BCUT2D eigenvalue weighted by Gasteiger charge is 2.50. The first-order valence-corrected chi connectivity index (χ1v) is 9.07. The number of nitrogens with one attached hydrogen (secondary N) is 1.